The Labute approximate surface area is 240 Å². The lowest BCUT2D eigenvalue weighted by atomic mass is 9.83. The van der Waals surface area contributed by atoms with Crippen LogP contribution in [0.3, 0.4) is 0 Å². The Kier molecular flexibility index (Phi) is 7.43. The molecule has 2 N–H and O–H groups in total. The largest absolute Gasteiger partial charge is 0.460 e. The molecule has 0 bridgehead atoms. The summed E-state index contributed by atoms with van der Waals surface area (Å²) in [6.07, 6.45) is 3.18. The molecule has 2 aromatic carbocycles. The van der Waals surface area contributed by atoms with Gasteiger partial charge < -0.3 is 19.4 Å². The second kappa shape index (κ2) is 11.5. The van der Waals surface area contributed by atoms with Crippen molar-refractivity contribution in [1.29, 1.82) is 0 Å². The highest BCUT2D eigenvalue weighted by Gasteiger charge is 2.35. The minimum Gasteiger partial charge on any atom is -0.460 e. The number of amides is 1. The van der Waals surface area contributed by atoms with Crippen LogP contribution in [0.15, 0.2) is 58.0 Å². The van der Waals surface area contributed by atoms with Crippen LogP contribution in [0.25, 0.3) is 21.8 Å². The maximum atomic E-state index is 13.4. The number of benzene rings is 2. The lowest BCUT2D eigenvalue weighted by Gasteiger charge is -2.38. The van der Waals surface area contributed by atoms with Crippen LogP contribution in [-0.2, 0) is 11.2 Å². The molecule has 0 unspecified atom stereocenters. The Hall–Kier alpha value is -5.00. The summed E-state index contributed by atoms with van der Waals surface area (Å²) in [6, 6.07) is 13.6. The quantitative estimate of drug-likeness (QED) is 0.266. The predicted octanol–water partition coefficient (Wildman–Crippen LogP) is 4.65. The van der Waals surface area contributed by atoms with Crippen LogP contribution in [-0.4, -0.2) is 61.5 Å². The van der Waals surface area contributed by atoms with Crippen molar-refractivity contribution in [2.75, 3.05) is 13.2 Å². The average Bonchev–Trinajstić information content (AvgIpc) is 3.66. The van der Waals surface area contributed by atoms with Crippen molar-refractivity contribution in [3.63, 3.8) is 0 Å². The number of aromatic nitrogens is 5. The van der Waals surface area contributed by atoms with Gasteiger partial charge in [-0.2, -0.15) is 5.10 Å². The number of ether oxygens (including phenoxy) is 2. The summed E-state index contributed by atoms with van der Waals surface area (Å²) < 4.78 is 15.2. The van der Waals surface area contributed by atoms with Gasteiger partial charge in [-0.1, -0.05) is 24.3 Å². The van der Waals surface area contributed by atoms with E-state index in [0.29, 0.717) is 37.8 Å². The van der Waals surface area contributed by atoms with Crippen LogP contribution in [0.4, 0.5) is 4.79 Å². The highest BCUT2D eigenvalue weighted by molar-refractivity contribution is 5.85. The number of H-pyrrole nitrogens is 2. The molecule has 12 nitrogen and oxygen atoms in total. The van der Waals surface area contributed by atoms with Crippen LogP contribution in [0, 0.1) is 6.92 Å². The molecule has 0 radical (unpaired) electrons. The molecule has 2 atom stereocenters. The van der Waals surface area contributed by atoms with E-state index in [2.05, 4.69) is 37.5 Å². The van der Waals surface area contributed by atoms with E-state index >= 15 is 0 Å². The van der Waals surface area contributed by atoms with Gasteiger partial charge in [-0.25, -0.2) is 9.59 Å². The molecule has 0 aliphatic carbocycles. The maximum absolute atomic E-state index is 13.4. The molecular formula is C30H30N6O6. The van der Waals surface area contributed by atoms with E-state index in [0.717, 1.165) is 32.9 Å². The molecular weight excluding hydrogens is 540 g/mol. The van der Waals surface area contributed by atoms with Crippen molar-refractivity contribution in [1.82, 2.24) is 30.2 Å². The summed E-state index contributed by atoms with van der Waals surface area (Å²) >= 11 is 0. The van der Waals surface area contributed by atoms with E-state index in [1.54, 1.807) is 18.0 Å². The average molecular weight is 571 g/mol. The molecule has 0 saturated carbocycles. The Morgan fingerprint density at radius 1 is 1.17 bits per heavy atom. The van der Waals surface area contributed by atoms with E-state index in [9.17, 15) is 14.4 Å². The number of fused-ring (bicyclic) bond motifs is 2. The van der Waals surface area contributed by atoms with Crippen LogP contribution >= 0.6 is 0 Å². The fraction of sp³-hybridized carbons (Fsp3) is 0.333. The molecule has 4 heterocycles. The molecule has 1 fully saturated rings. The molecule has 1 aliphatic heterocycles. The number of esters is 1. The molecule has 5 aromatic rings. The Morgan fingerprint density at radius 3 is 2.88 bits per heavy atom. The van der Waals surface area contributed by atoms with E-state index in [1.165, 1.54) is 0 Å². The number of hydrogen-bond acceptors (Lipinski definition) is 9. The molecule has 1 amide bonds. The van der Waals surface area contributed by atoms with Gasteiger partial charge in [0.05, 0.1) is 18.3 Å². The second-order valence-electron chi connectivity index (χ2n) is 10.5. The molecule has 42 heavy (non-hydrogen) atoms. The fourth-order valence-electron chi connectivity index (χ4n) is 5.77. The van der Waals surface area contributed by atoms with Crippen LogP contribution < -0.4 is 10.3 Å². The highest BCUT2D eigenvalue weighted by atomic mass is 16.7. The first-order chi connectivity index (χ1) is 20.4. The first-order valence-electron chi connectivity index (χ1n) is 13.9. The first-order valence-corrected chi connectivity index (χ1v) is 13.9. The van der Waals surface area contributed by atoms with Crippen molar-refractivity contribution >= 4 is 33.9 Å². The van der Waals surface area contributed by atoms with Gasteiger partial charge in [0.15, 0.2) is 0 Å². The third-order valence-electron chi connectivity index (χ3n) is 7.78. The second-order valence-corrected chi connectivity index (χ2v) is 10.5. The van der Waals surface area contributed by atoms with Gasteiger partial charge in [0.1, 0.15) is 0 Å². The molecule has 3 aromatic heterocycles. The summed E-state index contributed by atoms with van der Waals surface area (Å²) in [6.45, 7) is 4.19. The summed E-state index contributed by atoms with van der Waals surface area (Å²) in [4.78, 5) is 46.8. The Balaban J connectivity index is 1.24. The standard InChI is InChI=1S/C30H30N6O6/c1-3-40-28(38)26-33-29(42-35-26)41-30(39)36-11-10-19(23-15-20-6-4-5-7-24(20)32-27(23)37)14-22(36)9-8-18-12-17(2)25-21(13-18)16-31-34-25/h4-7,12-13,15-16,19,22H,3,8-11,14H2,1-2H3,(H,31,34)(H,32,37)/t19-,22-/m1/s1. The number of nitrogens with zero attached hydrogens (tertiary/aromatic N) is 4. The van der Waals surface area contributed by atoms with Crippen molar-refractivity contribution in [2.45, 2.75) is 51.5 Å². The smallest absolute Gasteiger partial charge is 0.427 e. The SMILES string of the molecule is CCOC(=O)c1noc(OC(=O)N2CC[C@@H](c3cc4ccccc4[nH]c3=O)C[C@H]2CCc2cc(C)c3[nH]ncc3c2)n1. The van der Waals surface area contributed by atoms with E-state index in [4.69, 9.17) is 14.0 Å². The summed E-state index contributed by atoms with van der Waals surface area (Å²) in [5.74, 6) is -1.15. The van der Waals surface area contributed by atoms with Gasteiger partial charge >= 0.3 is 18.1 Å². The van der Waals surface area contributed by atoms with E-state index in [-0.39, 0.29) is 30.0 Å². The summed E-state index contributed by atoms with van der Waals surface area (Å²) in [7, 11) is 0. The normalized spacial score (nSPS) is 17.0. The molecule has 12 heteroatoms. The van der Waals surface area contributed by atoms with Crippen LogP contribution in [0.1, 0.15) is 59.4 Å². The number of carbonyl (C=O) groups excluding carboxylic acids is 2. The van der Waals surface area contributed by atoms with Gasteiger partial charge in [0.2, 0.25) is 0 Å². The fourth-order valence-corrected chi connectivity index (χ4v) is 5.77. The van der Waals surface area contributed by atoms with Gasteiger partial charge in [-0.3, -0.25) is 14.4 Å². The molecule has 216 valence electrons. The Morgan fingerprint density at radius 2 is 2.02 bits per heavy atom. The zero-order chi connectivity index (χ0) is 29.2. The number of hydrogen-bond donors (Lipinski definition) is 2. The number of carbonyl (C=O) groups is 2. The topological polar surface area (TPSA) is 156 Å². The minimum absolute atomic E-state index is 0.0516. The van der Waals surface area contributed by atoms with Crippen molar-refractivity contribution in [3.8, 4) is 6.08 Å². The zero-order valence-electron chi connectivity index (χ0n) is 23.3. The van der Waals surface area contributed by atoms with Crippen LogP contribution in [0.2, 0.25) is 0 Å². The zero-order valence-corrected chi connectivity index (χ0v) is 23.3. The summed E-state index contributed by atoms with van der Waals surface area (Å²) in [5.41, 5.74) is 4.59. The monoisotopic (exact) mass is 570 g/mol. The number of rotatable bonds is 7. The molecule has 1 saturated heterocycles. The van der Waals surface area contributed by atoms with Gasteiger partial charge in [0, 0.05) is 29.1 Å². The van der Waals surface area contributed by atoms with Gasteiger partial charge in [-0.15, -0.1) is 4.98 Å². The number of aryl methyl sites for hydroxylation is 2. The van der Waals surface area contributed by atoms with Gasteiger partial charge in [-0.05, 0) is 85.3 Å². The highest BCUT2D eigenvalue weighted by Crippen LogP contribution is 2.34. The number of para-hydroxylation sites is 1. The lowest BCUT2D eigenvalue weighted by molar-refractivity contribution is 0.0508. The number of aromatic amines is 2. The third-order valence-corrected chi connectivity index (χ3v) is 7.78. The first kappa shape index (κ1) is 27.2. The Bertz CT molecular complexity index is 1820. The maximum Gasteiger partial charge on any atom is 0.427 e. The van der Waals surface area contributed by atoms with Crippen molar-refractivity contribution in [2.24, 2.45) is 0 Å². The van der Waals surface area contributed by atoms with Crippen LogP contribution in [0.5, 0.6) is 6.08 Å². The number of nitrogens with one attached hydrogen (secondary N) is 2. The molecule has 0 spiro atoms. The predicted molar refractivity (Wildman–Crippen MR) is 152 cm³/mol. The number of piperidine rings is 1. The number of likely N-dealkylation sites (tertiary alicyclic amines) is 1. The summed E-state index contributed by atoms with van der Waals surface area (Å²) in [5, 5.41) is 12.7. The van der Waals surface area contributed by atoms with Crippen molar-refractivity contribution in [3.05, 3.63) is 81.5 Å². The van der Waals surface area contributed by atoms with Crippen molar-refractivity contribution < 1.29 is 23.6 Å². The van der Waals surface area contributed by atoms with E-state index < -0.39 is 18.1 Å². The minimum atomic E-state index is -0.771. The van der Waals surface area contributed by atoms with E-state index in [1.807, 2.05) is 37.3 Å². The number of pyridine rings is 1. The van der Waals surface area contributed by atoms with Gasteiger partial charge in [0.25, 0.3) is 11.4 Å². The molecule has 1 aliphatic rings. The molecule has 6 rings (SSSR count). The third kappa shape index (κ3) is 5.47. The lowest BCUT2D eigenvalue weighted by Crippen LogP contribution is -2.47.